The topological polar surface area (TPSA) is 46.2 Å². The molecule has 0 unspecified atom stereocenters. The summed E-state index contributed by atoms with van der Waals surface area (Å²) in [7, 11) is 0. The van der Waals surface area contributed by atoms with Crippen molar-refractivity contribution in [2.24, 2.45) is 5.92 Å². The van der Waals surface area contributed by atoms with Crippen molar-refractivity contribution in [3.8, 4) is 0 Å². The molecule has 0 saturated heterocycles. The Morgan fingerprint density at radius 1 is 1.50 bits per heavy atom. The summed E-state index contributed by atoms with van der Waals surface area (Å²) in [5.74, 6) is -0.0758. The molecular weight excluding hydrogens is 185 g/mol. The van der Waals surface area contributed by atoms with Crippen molar-refractivity contribution >= 4 is 11.7 Å². The Bertz CT molecular complexity index is 272. The number of Topliss-reactive ketones (excluding diaryl/α,β-unsaturated/α-hetero) is 1. The molecule has 0 spiro atoms. The van der Waals surface area contributed by atoms with Crippen LogP contribution in [-0.2, 0) is 9.59 Å². The fourth-order valence-corrected chi connectivity index (χ4v) is 2.06. The molecule has 1 N–H and O–H groups in total. The zero-order chi connectivity index (χ0) is 10.3. The Kier molecular flexibility index (Phi) is 2.09. The van der Waals surface area contributed by atoms with Crippen LogP contribution in [0.1, 0.15) is 32.6 Å². The molecule has 2 aliphatic carbocycles. The second kappa shape index (κ2) is 3.04. The zero-order valence-electron chi connectivity index (χ0n) is 8.18. The first-order chi connectivity index (χ1) is 6.46. The van der Waals surface area contributed by atoms with Crippen LogP contribution in [0.15, 0.2) is 0 Å². The van der Waals surface area contributed by atoms with Crippen molar-refractivity contribution in [2.75, 3.05) is 0 Å². The molecule has 3 nitrogen and oxygen atoms in total. The summed E-state index contributed by atoms with van der Waals surface area (Å²) in [6, 6.07) is -0.0202. The predicted octanol–water partition coefficient (Wildman–Crippen LogP) is 0.972. The predicted molar refractivity (Wildman–Crippen MR) is 48.4 cm³/mol. The van der Waals surface area contributed by atoms with Gasteiger partial charge in [-0.15, -0.1) is 0 Å². The second-order valence-corrected chi connectivity index (χ2v) is 4.67. The van der Waals surface area contributed by atoms with Gasteiger partial charge in [0.15, 0.2) is 0 Å². The molecule has 78 valence electrons. The fraction of sp³-hybridized carbons (Fsp3) is 0.800. The van der Waals surface area contributed by atoms with Gasteiger partial charge in [-0.2, -0.15) is 0 Å². The molecule has 14 heavy (non-hydrogen) atoms. The lowest BCUT2D eigenvalue weighted by Crippen LogP contribution is -2.53. The maximum absolute atomic E-state index is 13.1. The summed E-state index contributed by atoms with van der Waals surface area (Å²) >= 11 is 0. The van der Waals surface area contributed by atoms with Gasteiger partial charge in [0, 0.05) is 31.7 Å². The van der Waals surface area contributed by atoms with Crippen LogP contribution < -0.4 is 5.32 Å². The van der Waals surface area contributed by atoms with Gasteiger partial charge >= 0.3 is 0 Å². The number of rotatable bonds is 2. The maximum atomic E-state index is 13.1. The highest BCUT2D eigenvalue weighted by Crippen LogP contribution is 2.36. The average Bonchev–Trinajstić information content (AvgIpc) is 1.95. The number of ketones is 1. The lowest BCUT2D eigenvalue weighted by Gasteiger charge is -2.40. The van der Waals surface area contributed by atoms with Gasteiger partial charge < -0.3 is 5.32 Å². The van der Waals surface area contributed by atoms with Crippen LogP contribution >= 0.6 is 0 Å². The molecule has 0 heterocycles. The third-order valence-electron chi connectivity index (χ3n) is 3.01. The molecule has 0 aromatic carbocycles. The first-order valence-corrected chi connectivity index (χ1v) is 4.97. The molecule has 0 bridgehead atoms. The van der Waals surface area contributed by atoms with E-state index in [0.717, 1.165) is 0 Å². The minimum Gasteiger partial charge on any atom is -0.353 e. The molecule has 0 aromatic rings. The molecule has 2 saturated carbocycles. The number of nitrogens with one attached hydrogen (secondary N) is 1. The summed E-state index contributed by atoms with van der Waals surface area (Å²) in [6.07, 6.45) is 1.54. The molecule has 4 heteroatoms. The highest BCUT2D eigenvalue weighted by molar-refractivity contribution is 5.96. The van der Waals surface area contributed by atoms with E-state index in [9.17, 15) is 14.0 Å². The van der Waals surface area contributed by atoms with Crippen LogP contribution in [-0.4, -0.2) is 23.4 Å². The van der Waals surface area contributed by atoms with Crippen LogP contribution in [0.25, 0.3) is 0 Å². The number of hydrogen-bond acceptors (Lipinski definition) is 2. The highest BCUT2D eigenvalue weighted by Gasteiger charge is 2.43. The van der Waals surface area contributed by atoms with Gasteiger partial charge in [0.25, 0.3) is 0 Å². The summed E-state index contributed by atoms with van der Waals surface area (Å²) in [6.45, 7) is 1.54. The number of amides is 1. The Labute approximate surface area is 82.1 Å². The Morgan fingerprint density at radius 3 is 2.50 bits per heavy atom. The van der Waals surface area contributed by atoms with Crippen LogP contribution in [0.5, 0.6) is 0 Å². The molecule has 0 aliphatic heterocycles. The summed E-state index contributed by atoms with van der Waals surface area (Å²) < 4.78 is 13.1. The number of carbonyl (C=O) groups is 2. The van der Waals surface area contributed by atoms with Crippen LogP contribution in [0.2, 0.25) is 0 Å². The molecule has 0 radical (unpaired) electrons. The van der Waals surface area contributed by atoms with E-state index in [0.29, 0.717) is 25.7 Å². The van der Waals surface area contributed by atoms with Gasteiger partial charge in [-0.3, -0.25) is 9.59 Å². The van der Waals surface area contributed by atoms with E-state index in [1.165, 1.54) is 0 Å². The fourth-order valence-electron chi connectivity index (χ4n) is 2.06. The van der Waals surface area contributed by atoms with Gasteiger partial charge in [0.2, 0.25) is 5.91 Å². The lowest BCUT2D eigenvalue weighted by molar-refractivity contribution is -0.139. The van der Waals surface area contributed by atoms with Crippen molar-refractivity contribution in [3.63, 3.8) is 0 Å². The van der Waals surface area contributed by atoms with Crippen LogP contribution in [0.4, 0.5) is 4.39 Å². The Hall–Kier alpha value is -0.930. The molecular formula is C10H14FNO2. The van der Waals surface area contributed by atoms with Crippen molar-refractivity contribution in [2.45, 2.75) is 44.3 Å². The number of carbonyl (C=O) groups excluding carboxylic acids is 2. The van der Waals surface area contributed by atoms with Crippen molar-refractivity contribution in [1.82, 2.24) is 5.32 Å². The first kappa shape index (κ1) is 9.62. The maximum Gasteiger partial charge on any atom is 0.224 e. The number of halogens is 1. The van der Waals surface area contributed by atoms with E-state index in [2.05, 4.69) is 5.32 Å². The van der Waals surface area contributed by atoms with Gasteiger partial charge in [-0.05, 0) is 6.92 Å². The van der Waals surface area contributed by atoms with E-state index < -0.39 is 5.67 Å². The molecule has 0 aromatic heterocycles. The van der Waals surface area contributed by atoms with Gasteiger partial charge in [0.05, 0.1) is 5.92 Å². The van der Waals surface area contributed by atoms with Crippen molar-refractivity contribution < 1.29 is 14.0 Å². The molecule has 2 fully saturated rings. The Balaban J connectivity index is 1.72. The van der Waals surface area contributed by atoms with E-state index in [-0.39, 0.29) is 23.7 Å². The van der Waals surface area contributed by atoms with E-state index in [1.807, 2.05) is 0 Å². The van der Waals surface area contributed by atoms with Crippen molar-refractivity contribution in [1.29, 1.82) is 0 Å². The van der Waals surface area contributed by atoms with Crippen LogP contribution in [0.3, 0.4) is 0 Å². The van der Waals surface area contributed by atoms with Gasteiger partial charge in [-0.25, -0.2) is 4.39 Å². The average molecular weight is 199 g/mol. The van der Waals surface area contributed by atoms with Crippen LogP contribution in [0, 0.1) is 5.92 Å². The molecule has 0 atom stereocenters. The van der Waals surface area contributed by atoms with Crippen molar-refractivity contribution in [3.05, 3.63) is 0 Å². The summed E-state index contributed by atoms with van der Waals surface area (Å²) in [5.41, 5.74) is -1.10. The zero-order valence-corrected chi connectivity index (χ0v) is 8.18. The Morgan fingerprint density at radius 2 is 2.07 bits per heavy atom. The monoisotopic (exact) mass is 199 g/mol. The molecule has 2 rings (SSSR count). The van der Waals surface area contributed by atoms with E-state index in [4.69, 9.17) is 0 Å². The largest absolute Gasteiger partial charge is 0.353 e. The first-order valence-electron chi connectivity index (χ1n) is 4.97. The van der Waals surface area contributed by atoms with Gasteiger partial charge in [-0.1, -0.05) is 0 Å². The third kappa shape index (κ3) is 1.79. The SMILES string of the molecule is CC1(F)CC(NC(=O)C2CC(=O)C2)C1. The lowest BCUT2D eigenvalue weighted by atomic mass is 9.77. The standard InChI is InChI=1S/C10H14FNO2/c1-10(11)4-7(5-10)12-9(14)6-2-8(13)3-6/h6-7H,2-5H2,1H3,(H,12,14). The smallest absolute Gasteiger partial charge is 0.224 e. The highest BCUT2D eigenvalue weighted by atomic mass is 19.1. The normalized spacial score (nSPS) is 37.3. The molecule has 2 aliphatic rings. The number of alkyl halides is 1. The summed E-state index contributed by atoms with van der Waals surface area (Å²) in [5, 5.41) is 2.76. The van der Waals surface area contributed by atoms with Gasteiger partial charge in [0.1, 0.15) is 11.5 Å². The molecule has 1 amide bonds. The van der Waals surface area contributed by atoms with E-state index in [1.54, 1.807) is 6.92 Å². The third-order valence-corrected chi connectivity index (χ3v) is 3.01. The second-order valence-electron chi connectivity index (χ2n) is 4.67. The quantitative estimate of drug-likeness (QED) is 0.720. The van der Waals surface area contributed by atoms with E-state index >= 15 is 0 Å². The number of hydrogen-bond donors (Lipinski definition) is 1. The summed E-state index contributed by atoms with van der Waals surface area (Å²) in [4.78, 5) is 22.0. The minimum atomic E-state index is -1.10. The minimum absolute atomic E-state index is 0.0202.